The molecule has 0 saturated carbocycles. The predicted molar refractivity (Wildman–Crippen MR) is 171 cm³/mol. The minimum Gasteiger partial charge on any atom is -0.419 e. The molecule has 0 radical (unpaired) electrons. The summed E-state index contributed by atoms with van der Waals surface area (Å²) in [7, 11) is 4.02. The molecule has 1 N–H and O–H groups in total. The highest BCUT2D eigenvalue weighted by Gasteiger charge is 2.42. The van der Waals surface area contributed by atoms with Crippen molar-refractivity contribution in [1.82, 2.24) is 4.90 Å². The van der Waals surface area contributed by atoms with Crippen molar-refractivity contribution in [2.45, 2.75) is 105 Å². The fraction of sp³-hybridized carbons (Fsp3) is 0.543. The van der Waals surface area contributed by atoms with Crippen LogP contribution in [-0.4, -0.2) is 43.3 Å². The lowest BCUT2D eigenvalue weighted by Gasteiger charge is -2.35. The summed E-state index contributed by atoms with van der Waals surface area (Å²) in [5.41, 5.74) is 6.22. The molecule has 1 fully saturated rings. The highest BCUT2D eigenvalue weighted by molar-refractivity contribution is 6.16. The van der Waals surface area contributed by atoms with Crippen molar-refractivity contribution in [2.24, 2.45) is 0 Å². The van der Waals surface area contributed by atoms with Gasteiger partial charge in [-0.25, -0.2) is 9.59 Å². The lowest BCUT2D eigenvalue weighted by Crippen LogP contribution is -2.44. The smallest absolute Gasteiger partial charge is 0.352 e. The van der Waals surface area contributed by atoms with E-state index in [9.17, 15) is 9.59 Å². The monoisotopic (exact) mass is 577 g/mol. The molecule has 7 heteroatoms. The van der Waals surface area contributed by atoms with E-state index in [4.69, 9.17) is 9.47 Å². The molecule has 0 spiro atoms. The molecular formula is C35H51N3O4. The molecule has 1 aliphatic rings. The number of benzene rings is 2. The number of unbranched alkanes of at least 4 members (excludes halogenated alkanes) is 4. The quantitative estimate of drug-likeness (QED) is 0.121. The van der Waals surface area contributed by atoms with Crippen molar-refractivity contribution in [3.63, 3.8) is 0 Å². The second kappa shape index (κ2) is 13.7. The molecule has 2 aromatic rings. The van der Waals surface area contributed by atoms with Crippen molar-refractivity contribution in [2.75, 3.05) is 30.9 Å². The van der Waals surface area contributed by atoms with E-state index in [2.05, 4.69) is 79.2 Å². The minimum absolute atomic E-state index is 0.0440. The van der Waals surface area contributed by atoms with E-state index in [-0.39, 0.29) is 11.0 Å². The second-order valence-electron chi connectivity index (χ2n) is 13.2. The van der Waals surface area contributed by atoms with E-state index in [1.165, 1.54) is 12.0 Å². The zero-order valence-electron chi connectivity index (χ0n) is 27.4. The zero-order chi connectivity index (χ0) is 31.2. The van der Waals surface area contributed by atoms with Crippen molar-refractivity contribution in [1.29, 1.82) is 0 Å². The van der Waals surface area contributed by atoms with Crippen LogP contribution in [0.1, 0.15) is 95.9 Å². The maximum Gasteiger partial charge on any atom is 0.352 e. The number of carbonyl (C=O) groups excluding carboxylic acids is 2. The Kier molecular flexibility index (Phi) is 10.7. The van der Waals surface area contributed by atoms with Gasteiger partial charge in [0.05, 0.1) is 0 Å². The van der Waals surface area contributed by atoms with E-state index in [0.717, 1.165) is 53.7 Å². The summed E-state index contributed by atoms with van der Waals surface area (Å²) in [6.45, 7) is 17.2. The van der Waals surface area contributed by atoms with Crippen LogP contribution < -0.4 is 10.2 Å². The van der Waals surface area contributed by atoms with Gasteiger partial charge in [0.2, 0.25) is 0 Å². The molecule has 0 unspecified atom stereocenters. The highest BCUT2D eigenvalue weighted by atomic mass is 16.7. The van der Waals surface area contributed by atoms with Crippen LogP contribution in [0.15, 0.2) is 47.8 Å². The predicted octanol–water partition coefficient (Wildman–Crippen LogP) is 7.60. The van der Waals surface area contributed by atoms with E-state index >= 15 is 0 Å². The molecule has 230 valence electrons. The highest BCUT2D eigenvalue weighted by Crippen LogP contribution is 2.32. The molecule has 1 heterocycles. The third-order valence-electron chi connectivity index (χ3n) is 7.64. The van der Waals surface area contributed by atoms with Gasteiger partial charge in [-0.15, -0.1) is 0 Å². The van der Waals surface area contributed by atoms with Crippen LogP contribution in [0, 0.1) is 13.8 Å². The first-order chi connectivity index (χ1) is 19.6. The van der Waals surface area contributed by atoms with Gasteiger partial charge in [0.15, 0.2) is 5.57 Å². The molecule has 1 aliphatic heterocycles. The molecule has 3 rings (SSSR count). The third-order valence-corrected chi connectivity index (χ3v) is 7.64. The van der Waals surface area contributed by atoms with Crippen LogP contribution in [0.5, 0.6) is 0 Å². The SMILES string of the molecule is CCCCCCCN(Cc1ccc(C(C)(C)C)cc1)C(Nc1c(C)cc(N(C)C)cc1C)=C1C(=O)OC(C)(C)OC1=O. The largest absolute Gasteiger partial charge is 0.419 e. The van der Waals surface area contributed by atoms with E-state index < -0.39 is 17.7 Å². The van der Waals surface area contributed by atoms with E-state index in [1.807, 2.05) is 27.9 Å². The molecule has 7 nitrogen and oxygen atoms in total. The van der Waals surface area contributed by atoms with Gasteiger partial charge in [-0.1, -0.05) is 77.6 Å². The van der Waals surface area contributed by atoms with Gasteiger partial charge in [-0.2, -0.15) is 0 Å². The zero-order valence-corrected chi connectivity index (χ0v) is 27.4. The number of nitrogens with one attached hydrogen (secondary N) is 1. The number of esters is 2. The number of cyclic esters (lactones) is 2. The Morgan fingerprint density at radius 2 is 1.43 bits per heavy atom. The summed E-state index contributed by atoms with van der Waals surface area (Å²) in [5, 5.41) is 3.53. The number of hydrogen-bond donors (Lipinski definition) is 1. The molecule has 0 bridgehead atoms. The van der Waals surface area contributed by atoms with Gasteiger partial charge in [0.1, 0.15) is 5.82 Å². The van der Waals surface area contributed by atoms with Crippen molar-refractivity contribution >= 4 is 23.3 Å². The number of rotatable bonds is 12. The number of aryl methyl sites for hydroxylation is 2. The number of nitrogens with zero attached hydrogens (tertiary/aromatic N) is 2. The summed E-state index contributed by atoms with van der Waals surface area (Å²) in [4.78, 5) is 31.0. The van der Waals surface area contributed by atoms with Crippen LogP contribution in [0.3, 0.4) is 0 Å². The molecule has 42 heavy (non-hydrogen) atoms. The first-order valence-corrected chi connectivity index (χ1v) is 15.2. The van der Waals surface area contributed by atoms with E-state index in [0.29, 0.717) is 18.9 Å². The Balaban J connectivity index is 2.12. The van der Waals surface area contributed by atoms with Gasteiger partial charge in [-0.3, -0.25) is 0 Å². The normalized spacial score (nSPS) is 14.8. The van der Waals surface area contributed by atoms with Crippen LogP contribution in [-0.2, 0) is 31.0 Å². The standard InChI is InChI=1S/C35H51N3O4/c1-11-12-13-14-15-20-38(23-26-16-18-27(19-17-26)34(4,5)6)31(29-32(39)41-35(7,8)42-33(29)40)36-30-24(2)21-28(37(9)10)22-25(30)3/h16-19,21-22,36H,11-15,20,23H2,1-10H3. The fourth-order valence-corrected chi connectivity index (χ4v) is 5.17. The third kappa shape index (κ3) is 8.52. The molecule has 2 aromatic carbocycles. The van der Waals surface area contributed by atoms with Crippen molar-refractivity contribution < 1.29 is 19.1 Å². The van der Waals surface area contributed by atoms with Gasteiger partial charge in [-0.05, 0) is 60.1 Å². The average Bonchev–Trinajstić information content (AvgIpc) is 2.87. The molecule has 0 atom stereocenters. The summed E-state index contributed by atoms with van der Waals surface area (Å²) < 4.78 is 11.2. The first kappa shape index (κ1) is 33.0. The summed E-state index contributed by atoms with van der Waals surface area (Å²) in [6, 6.07) is 12.8. The number of hydrogen-bond acceptors (Lipinski definition) is 7. The maximum absolute atomic E-state index is 13.4. The fourth-order valence-electron chi connectivity index (χ4n) is 5.17. The lowest BCUT2D eigenvalue weighted by molar-refractivity contribution is -0.222. The molecule has 0 aliphatic carbocycles. The van der Waals surface area contributed by atoms with Gasteiger partial charge in [0.25, 0.3) is 5.79 Å². The Bertz CT molecular complexity index is 1240. The Labute approximate surface area is 253 Å². The first-order valence-electron chi connectivity index (χ1n) is 15.2. The van der Waals surface area contributed by atoms with Crippen LogP contribution in [0.4, 0.5) is 11.4 Å². The summed E-state index contributed by atoms with van der Waals surface area (Å²) in [6.07, 6.45) is 5.48. The molecule has 0 aromatic heterocycles. The van der Waals surface area contributed by atoms with Gasteiger partial charge < -0.3 is 24.6 Å². The maximum atomic E-state index is 13.4. The van der Waals surface area contributed by atoms with Crippen molar-refractivity contribution in [3.8, 4) is 0 Å². The van der Waals surface area contributed by atoms with Gasteiger partial charge in [0, 0.05) is 52.4 Å². The Morgan fingerprint density at radius 1 is 0.881 bits per heavy atom. The molecule has 0 amide bonds. The Morgan fingerprint density at radius 3 is 1.93 bits per heavy atom. The summed E-state index contributed by atoms with van der Waals surface area (Å²) in [5.74, 6) is -2.27. The van der Waals surface area contributed by atoms with Crippen molar-refractivity contribution in [3.05, 3.63) is 70.0 Å². The Hall–Kier alpha value is -3.48. The van der Waals surface area contributed by atoms with Crippen LogP contribution in [0.25, 0.3) is 0 Å². The number of ether oxygens (including phenoxy) is 2. The number of anilines is 2. The summed E-state index contributed by atoms with van der Waals surface area (Å²) >= 11 is 0. The molecular weight excluding hydrogens is 526 g/mol. The second-order valence-corrected chi connectivity index (χ2v) is 13.2. The number of carbonyl (C=O) groups is 2. The van der Waals surface area contributed by atoms with E-state index in [1.54, 1.807) is 13.8 Å². The lowest BCUT2D eigenvalue weighted by atomic mass is 9.87. The average molecular weight is 578 g/mol. The van der Waals surface area contributed by atoms with Crippen LogP contribution in [0.2, 0.25) is 0 Å². The van der Waals surface area contributed by atoms with Crippen LogP contribution >= 0.6 is 0 Å². The van der Waals surface area contributed by atoms with Gasteiger partial charge >= 0.3 is 11.9 Å². The minimum atomic E-state index is -1.32. The topological polar surface area (TPSA) is 71.1 Å². The molecule has 1 saturated heterocycles.